The standard InChI is InChI=1S/C19H32ClN5O/c1-21-19(23-9-12-25-11-4-10-24(2)13-14-25)22-8-7-16-5-6-17(26-3)15-18(16)20/h5-6,15H,4,7-14H2,1-3H3,(H2,21,22,23). The van der Waals surface area contributed by atoms with Gasteiger partial charge in [-0.05, 0) is 50.7 Å². The Hall–Kier alpha value is -1.50. The van der Waals surface area contributed by atoms with E-state index in [9.17, 15) is 0 Å². The highest BCUT2D eigenvalue weighted by molar-refractivity contribution is 6.31. The van der Waals surface area contributed by atoms with Crippen molar-refractivity contribution in [3.63, 3.8) is 0 Å². The Balaban J connectivity index is 1.67. The number of methoxy groups -OCH3 is 1. The molecule has 0 atom stereocenters. The van der Waals surface area contributed by atoms with Crippen LogP contribution in [-0.4, -0.2) is 82.8 Å². The monoisotopic (exact) mass is 381 g/mol. The zero-order valence-electron chi connectivity index (χ0n) is 16.2. The summed E-state index contributed by atoms with van der Waals surface area (Å²) in [5.74, 6) is 1.62. The molecular formula is C19H32ClN5O. The molecule has 26 heavy (non-hydrogen) atoms. The lowest BCUT2D eigenvalue weighted by Crippen LogP contribution is -2.42. The third-order valence-electron chi connectivity index (χ3n) is 4.70. The highest BCUT2D eigenvalue weighted by Gasteiger charge is 2.11. The molecule has 0 saturated carbocycles. The predicted octanol–water partition coefficient (Wildman–Crippen LogP) is 1.69. The summed E-state index contributed by atoms with van der Waals surface area (Å²) in [6.07, 6.45) is 2.08. The summed E-state index contributed by atoms with van der Waals surface area (Å²) in [4.78, 5) is 9.21. The first-order valence-corrected chi connectivity index (χ1v) is 9.68. The van der Waals surface area contributed by atoms with Crippen LogP contribution in [0.4, 0.5) is 0 Å². The van der Waals surface area contributed by atoms with Crippen molar-refractivity contribution >= 4 is 17.6 Å². The van der Waals surface area contributed by atoms with Crippen molar-refractivity contribution in [2.24, 2.45) is 4.99 Å². The molecule has 0 aromatic heterocycles. The summed E-state index contributed by atoms with van der Waals surface area (Å²) >= 11 is 6.29. The lowest BCUT2D eigenvalue weighted by molar-refractivity contribution is 0.280. The second kappa shape index (κ2) is 11.3. The van der Waals surface area contributed by atoms with E-state index in [-0.39, 0.29) is 0 Å². The molecule has 0 bridgehead atoms. The molecule has 2 N–H and O–H groups in total. The molecule has 7 heteroatoms. The number of benzene rings is 1. The van der Waals surface area contributed by atoms with Gasteiger partial charge < -0.3 is 25.2 Å². The number of aliphatic imine (C=N–C) groups is 1. The molecule has 1 aliphatic heterocycles. The molecule has 0 amide bonds. The van der Waals surface area contributed by atoms with Crippen molar-refractivity contribution in [2.75, 3.05) is 67.0 Å². The predicted molar refractivity (Wildman–Crippen MR) is 110 cm³/mol. The van der Waals surface area contributed by atoms with E-state index < -0.39 is 0 Å². The Labute approximate surface area is 162 Å². The van der Waals surface area contributed by atoms with Crippen LogP contribution in [0.3, 0.4) is 0 Å². The average molecular weight is 382 g/mol. The van der Waals surface area contributed by atoms with Crippen LogP contribution in [0.25, 0.3) is 0 Å². The first kappa shape index (κ1) is 20.8. The van der Waals surface area contributed by atoms with E-state index in [1.54, 1.807) is 14.2 Å². The Morgan fingerprint density at radius 3 is 2.73 bits per heavy atom. The summed E-state index contributed by atoms with van der Waals surface area (Å²) in [6.45, 7) is 7.37. The van der Waals surface area contributed by atoms with Crippen LogP contribution in [0, 0.1) is 0 Å². The maximum atomic E-state index is 6.29. The van der Waals surface area contributed by atoms with E-state index in [0.29, 0.717) is 0 Å². The van der Waals surface area contributed by atoms with Crippen LogP contribution in [0.2, 0.25) is 5.02 Å². The van der Waals surface area contributed by atoms with Crippen LogP contribution in [-0.2, 0) is 6.42 Å². The van der Waals surface area contributed by atoms with Gasteiger partial charge in [-0.3, -0.25) is 4.99 Å². The average Bonchev–Trinajstić information content (AvgIpc) is 2.85. The van der Waals surface area contributed by atoms with Crippen LogP contribution in [0.5, 0.6) is 5.75 Å². The molecule has 1 aromatic rings. The van der Waals surface area contributed by atoms with Crippen molar-refractivity contribution in [1.29, 1.82) is 0 Å². The SMILES string of the molecule is CN=C(NCCc1ccc(OC)cc1Cl)NCCN1CCCN(C)CC1. The fourth-order valence-electron chi connectivity index (χ4n) is 3.05. The molecule has 1 aromatic carbocycles. The molecule has 146 valence electrons. The number of likely N-dealkylation sites (N-methyl/N-ethyl adjacent to an activating group) is 1. The van der Waals surface area contributed by atoms with E-state index in [0.717, 1.165) is 61.4 Å². The Morgan fingerprint density at radius 2 is 2.00 bits per heavy atom. The second-order valence-corrected chi connectivity index (χ2v) is 7.04. The topological polar surface area (TPSA) is 52.1 Å². The molecule has 1 fully saturated rings. The van der Waals surface area contributed by atoms with E-state index in [2.05, 4.69) is 32.5 Å². The number of ether oxygens (including phenoxy) is 1. The number of rotatable bonds is 7. The maximum Gasteiger partial charge on any atom is 0.191 e. The first-order valence-electron chi connectivity index (χ1n) is 9.30. The zero-order chi connectivity index (χ0) is 18.8. The maximum absolute atomic E-state index is 6.29. The van der Waals surface area contributed by atoms with E-state index in [1.165, 1.54) is 19.5 Å². The Kier molecular flexibility index (Phi) is 9.01. The molecule has 0 unspecified atom stereocenters. The highest BCUT2D eigenvalue weighted by Crippen LogP contribution is 2.22. The normalized spacial score (nSPS) is 17.0. The molecule has 1 heterocycles. The number of nitrogens with one attached hydrogen (secondary N) is 2. The first-order chi connectivity index (χ1) is 12.6. The summed E-state index contributed by atoms with van der Waals surface area (Å²) in [5, 5.41) is 7.49. The summed E-state index contributed by atoms with van der Waals surface area (Å²) in [6, 6.07) is 5.80. The molecule has 2 rings (SSSR count). The summed E-state index contributed by atoms with van der Waals surface area (Å²) < 4.78 is 5.18. The lowest BCUT2D eigenvalue weighted by Gasteiger charge is -2.21. The van der Waals surface area contributed by atoms with Crippen molar-refractivity contribution in [1.82, 2.24) is 20.4 Å². The molecule has 1 saturated heterocycles. The van der Waals surface area contributed by atoms with Gasteiger partial charge in [0.15, 0.2) is 5.96 Å². The molecule has 1 aliphatic rings. The van der Waals surface area contributed by atoms with Crippen molar-refractivity contribution in [3.05, 3.63) is 28.8 Å². The van der Waals surface area contributed by atoms with E-state index in [4.69, 9.17) is 16.3 Å². The minimum atomic E-state index is 0.736. The highest BCUT2D eigenvalue weighted by atomic mass is 35.5. The van der Waals surface area contributed by atoms with Crippen LogP contribution < -0.4 is 15.4 Å². The van der Waals surface area contributed by atoms with Gasteiger partial charge in [0.05, 0.1) is 7.11 Å². The van der Waals surface area contributed by atoms with Gasteiger partial charge in [-0.2, -0.15) is 0 Å². The van der Waals surface area contributed by atoms with Crippen LogP contribution in [0.1, 0.15) is 12.0 Å². The van der Waals surface area contributed by atoms with Gasteiger partial charge in [-0.15, -0.1) is 0 Å². The third-order valence-corrected chi connectivity index (χ3v) is 5.06. The van der Waals surface area contributed by atoms with E-state index >= 15 is 0 Å². The number of hydrogen-bond donors (Lipinski definition) is 2. The van der Waals surface area contributed by atoms with Gasteiger partial charge in [0.1, 0.15) is 5.75 Å². The van der Waals surface area contributed by atoms with Gasteiger partial charge in [0.25, 0.3) is 0 Å². The Morgan fingerprint density at radius 1 is 1.19 bits per heavy atom. The van der Waals surface area contributed by atoms with Gasteiger partial charge in [-0.1, -0.05) is 17.7 Å². The number of halogens is 1. The summed E-state index contributed by atoms with van der Waals surface area (Å²) in [7, 11) is 5.64. The fraction of sp³-hybridized carbons (Fsp3) is 0.632. The van der Waals surface area contributed by atoms with Crippen molar-refractivity contribution in [2.45, 2.75) is 12.8 Å². The van der Waals surface area contributed by atoms with Crippen LogP contribution >= 0.6 is 11.6 Å². The number of hydrogen-bond acceptors (Lipinski definition) is 4. The van der Waals surface area contributed by atoms with Crippen molar-refractivity contribution in [3.8, 4) is 5.75 Å². The van der Waals surface area contributed by atoms with E-state index in [1.807, 2.05) is 18.2 Å². The molecule has 0 radical (unpaired) electrons. The zero-order valence-corrected chi connectivity index (χ0v) is 17.0. The van der Waals surface area contributed by atoms with Gasteiger partial charge in [0, 0.05) is 44.8 Å². The fourth-order valence-corrected chi connectivity index (χ4v) is 3.31. The quantitative estimate of drug-likeness (QED) is 0.556. The number of guanidine groups is 1. The largest absolute Gasteiger partial charge is 0.497 e. The van der Waals surface area contributed by atoms with Crippen molar-refractivity contribution < 1.29 is 4.74 Å². The molecule has 6 nitrogen and oxygen atoms in total. The minimum Gasteiger partial charge on any atom is -0.497 e. The Bertz CT molecular complexity index is 581. The third kappa shape index (κ3) is 7.02. The van der Waals surface area contributed by atoms with Gasteiger partial charge in [-0.25, -0.2) is 0 Å². The van der Waals surface area contributed by atoms with Crippen LogP contribution in [0.15, 0.2) is 23.2 Å². The minimum absolute atomic E-state index is 0.736. The molecule has 0 spiro atoms. The lowest BCUT2D eigenvalue weighted by atomic mass is 10.1. The smallest absolute Gasteiger partial charge is 0.191 e. The van der Waals surface area contributed by atoms with Gasteiger partial charge >= 0.3 is 0 Å². The second-order valence-electron chi connectivity index (χ2n) is 6.63. The molecular weight excluding hydrogens is 350 g/mol. The summed E-state index contributed by atoms with van der Waals surface area (Å²) in [5.41, 5.74) is 1.10. The number of nitrogens with zero attached hydrogens (tertiary/aromatic N) is 3. The molecule has 0 aliphatic carbocycles. The van der Waals surface area contributed by atoms with Gasteiger partial charge in [0.2, 0.25) is 0 Å².